The van der Waals surface area contributed by atoms with Crippen molar-refractivity contribution in [2.45, 2.75) is 6.42 Å². The lowest BCUT2D eigenvalue weighted by Crippen LogP contribution is -2.31. The molecule has 0 spiro atoms. The van der Waals surface area contributed by atoms with Crippen molar-refractivity contribution in [1.29, 1.82) is 0 Å². The second-order valence-electron chi connectivity index (χ2n) is 1.67. The Hall–Kier alpha value is -0.120. The number of hydrogen-bond acceptors (Lipinski definition) is 3. The minimum absolute atomic E-state index is 0.139. The number of rotatable bonds is 1. The SMILES string of the molecule is OCN1CCCN1. The molecule has 1 heterocycles. The molecule has 7 heavy (non-hydrogen) atoms. The van der Waals surface area contributed by atoms with Crippen molar-refractivity contribution in [1.82, 2.24) is 10.4 Å². The average Bonchev–Trinajstić information content (AvgIpc) is 2.14. The molecule has 0 radical (unpaired) electrons. The van der Waals surface area contributed by atoms with Crippen molar-refractivity contribution < 1.29 is 5.11 Å². The highest BCUT2D eigenvalue weighted by molar-refractivity contribution is 4.56. The summed E-state index contributed by atoms with van der Waals surface area (Å²) in [7, 11) is 0. The summed E-state index contributed by atoms with van der Waals surface area (Å²) < 4.78 is 0. The normalized spacial score (nSPS) is 23.6. The second-order valence-corrected chi connectivity index (χ2v) is 1.67. The summed E-state index contributed by atoms with van der Waals surface area (Å²) in [6.07, 6.45) is 1.15. The summed E-state index contributed by atoms with van der Waals surface area (Å²) in [5.41, 5.74) is 2.99. The monoisotopic (exact) mass is 102 g/mol. The predicted octanol–water partition coefficient (Wildman–Crippen LogP) is -0.853. The molecular formula is C4H10N2O. The van der Waals surface area contributed by atoms with Crippen molar-refractivity contribution in [3.8, 4) is 0 Å². The van der Waals surface area contributed by atoms with Crippen molar-refractivity contribution in [2.75, 3.05) is 19.8 Å². The molecular weight excluding hydrogens is 92.1 g/mol. The van der Waals surface area contributed by atoms with Crippen LogP contribution in [-0.2, 0) is 0 Å². The maximum Gasteiger partial charge on any atom is 0.108 e. The summed E-state index contributed by atoms with van der Waals surface area (Å²) in [6.45, 7) is 2.14. The largest absolute Gasteiger partial charge is 0.380 e. The first-order valence-corrected chi connectivity index (χ1v) is 2.53. The number of nitrogens with zero attached hydrogens (tertiary/aromatic N) is 1. The highest BCUT2D eigenvalue weighted by atomic mass is 16.3. The predicted molar refractivity (Wildman–Crippen MR) is 26.4 cm³/mol. The van der Waals surface area contributed by atoms with Crippen LogP contribution in [0.15, 0.2) is 0 Å². The first-order chi connectivity index (χ1) is 3.43. The van der Waals surface area contributed by atoms with Crippen molar-refractivity contribution in [2.24, 2.45) is 0 Å². The van der Waals surface area contributed by atoms with E-state index in [1.807, 2.05) is 0 Å². The summed E-state index contributed by atoms with van der Waals surface area (Å²) in [4.78, 5) is 0. The van der Waals surface area contributed by atoms with Gasteiger partial charge < -0.3 is 5.11 Å². The van der Waals surface area contributed by atoms with Gasteiger partial charge in [-0.25, -0.2) is 5.01 Å². The molecule has 0 saturated carbocycles. The fourth-order valence-corrected chi connectivity index (χ4v) is 0.707. The van der Waals surface area contributed by atoms with Gasteiger partial charge in [-0.2, -0.15) is 0 Å². The molecule has 0 aliphatic carbocycles. The van der Waals surface area contributed by atoms with Gasteiger partial charge in [0.05, 0.1) is 0 Å². The van der Waals surface area contributed by atoms with Crippen LogP contribution in [-0.4, -0.2) is 29.9 Å². The van der Waals surface area contributed by atoms with Gasteiger partial charge in [-0.1, -0.05) is 0 Å². The summed E-state index contributed by atoms with van der Waals surface area (Å²) in [5, 5.41) is 10.2. The second kappa shape index (κ2) is 2.26. The molecule has 1 rings (SSSR count). The van der Waals surface area contributed by atoms with Gasteiger partial charge in [0.2, 0.25) is 0 Å². The Morgan fingerprint density at radius 2 is 2.57 bits per heavy atom. The van der Waals surface area contributed by atoms with E-state index in [2.05, 4.69) is 5.43 Å². The van der Waals surface area contributed by atoms with E-state index in [1.165, 1.54) is 0 Å². The van der Waals surface area contributed by atoms with E-state index in [1.54, 1.807) is 5.01 Å². The minimum atomic E-state index is 0.139. The Morgan fingerprint density at radius 3 is 2.86 bits per heavy atom. The van der Waals surface area contributed by atoms with Gasteiger partial charge in [-0.05, 0) is 6.42 Å². The lowest BCUT2D eigenvalue weighted by atomic mass is 10.5. The van der Waals surface area contributed by atoms with E-state index in [-0.39, 0.29) is 6.73 Å². The molecule has 0 unspecified atom stereocenters. The molecule has 0 atom stereocenters. The zero-order chi connectivity index (χ0) is 5.11. The molecule has 0 aromatic carbocycles. The summed E-state index contributed by atoms with van der Waals surface area (Å²) in [5.74, 6) is 0. The number of aliphatic hydroxyl groups is 1. The lowest BCUT2D eigenvalue weighted by Gasteiger charge is -2.08. The molecule has 1 fully saturated rings. The van der Waals surface area contributed by atoms with Gasteiger partial charge in [-0.3, -0.25) is 5.43 Å². The van der Waals surface area contributed by atoms with Crippen LogP contribution in [0.5, 0.6) is 0 Å². The van der Waals surface area contributed by atoms with Crippen LogP contribution in [0.1, 0.15) is 6.42 Å². The Morgan fingerprint density at radius 1 is 1.71 bits per heavy atom. The smallest absolute Gasteiger partial charge is 0.108 e. The Kier molecular flexibility index (Phi) is 1.62. The maximum absolute atomic E-state index is 8.43. The fourth-order valence-electron chi connectivity index (χ4n) is 0.707. The highest BCUT2D eigenvalue weighted by Gasteiger charge is 2.06. The van der Waals surface area contributed by atoms with Crippen LogP contribution >= 0.6 is 0 Å². The quantitative estimate of drug-likeness (QED) is 0.452. The molecule has 0 aromatic heterocycles. The van der Waals surface area contributed by atoms with Gasteiger partial charge in [-0.15, -0.1) is 0 Å². The Bertz CT molecular complexity index is 51.7. The Labute approximate surface area is 42.9 Å². The van der Waals surface area contributed by atoms with E-state index >= 15 is 0 Å². The number of nitrogens with one attached hydrogen (secondary N) is 1. The van der Waals surface area contributed by atoms with Crippen LogP contribution in [0.4, 0.5) is 0 Å². The Balaban J connectivity index is 2.14. The molecule has 0 bridgehead atoms. The fraction of sp³-hybridized carbons (Fsp3) is 1.00. The topological polar surface area (TPSA) is 35.5 Å². The van der Waals surface area contributed by atoms with E-state index < -0.39 is 0 Å². The van der Waals surface area contributed by atoms with Gasteiger partial charge in [0.15, 0.2) is 0 Å². The van der Waals surface area contributed by atoms with E-state index in [9.17, 15) is 0 Å². The van der Waals surface area contributed by atoms with Crippen molar-refractivity contribution in [3.05, 3.63) is 0 Å². The average molecular weight is 102 g/mol. The van der Waals surface area contributed by atoms with E-state index in [0.29, 0.717) is 0 Å². The molecule has 3 heteroatoms. The van der Waals surface area contributed by atoms with Crippen LogP contribution in [0.3, 0.4) is 0 Å². The van der Waals surface area contributed by atoms with E-state index in [0.717, 1.165) is 19.5 Å². The van der Waals surface area contributed by atoms with Crippen LogP contribution in [0.2, 0.25) is 0 Å². The third-order valence-corrected chi connectivity index (χ3v) is 1.11. The third kappa shape index (κ3) is 1.12. The van der Waals surface area contributed by atoms with Crippen LogP contribution < -0.4 is 5.43 Å². The molecule has 2 N–H and O–H groups in total. The van der Waals surface area contributed by atoms with E-state index in [4.69, 9.17) is 5.11 Å². The molecule has 1 aliphatic rings. The zero-order valence-electron chi connectivity index (χ0n) is 4.22. The zero-order valence-corrected chi connectivity index (χ0v) is 4.22. The number of aliphatic hydroxyl groups excluding tert-OH is 1. The van der Waals surface area contributed by atoms with Gasteiger partial charge in [0.25, 0.3) is 0 Å². The van der Waals surface area contributed by atoms with Crippen molar-refractivity contribution >= 4 is 0 Å². The molecule has 3 nitrogen and oxygen atoms in total. The molecule has 0 aromatic rings. The number of hydrazine groups is 1. The van der Waals surface area contributed by atoms with Crippen LogP contribution in [0.25, 0.3) is 0 Å². The minimum Gasteiger partial charge on any atom is -0.380 e. The molecule has 1 saturated heterocycles. The van der Waals surface area contributed by atoms with Gasteiger partial charge >= 0.3 is 0 Å². The standard InChI is InChI=1S/C4H10N2O/c7-4-6-3-1-2-5-6/h5,7H,1-4H2. The first-order valence-electron chi connectivity index (χ1n) is 2.53. The van der Waals surface area contributed by atoms with Gasteiger partial charge in [0.1, 0.15) is 6.73 Å². The lowest BCUT2D eigenvalue weighted by molar-refractivity contribution is 0.0918. The van der Waals surface area contributed by atoms with Gasteiger partial charge in [0, 0.05) is 13.1 Å². The molecule has 42 valence electrons. The third-order valence-electron chi connectivity index (χ3n) is 1.11. The number of hydrogen-bond donors (Lipinski definition) is 2. The summed E-state index contributed by atoms with van der Waals surface area (Å²) in [6, 6.07) is 0. The maximum atomic E-state index is 8.43. The van der Waals surface area contributed by atoms with Crippen LogP contribution in [0, 0.1) is 0 Å². The first kappa shape index (κ1) is 5.03. The molecule has 1 aliphatic heterocycles. The van der Waals surface area contributed by atoms with Crippen molar-refractivity contribution in [3.63, 3.8) is 0 Å². The molecule has 0 amide bonds. The highest BCUT2D eigenvalue weighted by Crippen LogP contribution is 1.91. The summed E-state index contributed by atoms with van der Waals surface area (Å²) >= 11 is 0.